The Balaban J connectivity index is 1.88. The van der Waals surface area contributed by atoms with Crippen LogP contribution in [-0.2, 0) is 6.42 Å². The second-order valence-corrected chi connectivity index (χ2v) is 3.70. The second kappa shape index (κ2) is 5.66. The van der Waals surface area contributed by atoms with Crippen LogP contribution in [0.15, 0.2) is 48.7 Å². The Morgan fingerprint density at radius 3 is 2.76 bits per heavy atom. The summed E-state index contributed by atoms with van der Waals surface area (Å²) < 4.78 is 0. The minimum absolute atomic E-state index is 0.627. The van der Waals surface area contributed by atoms with Gasteiger partial charge in [0.05, 0.1) is 11.6 Å². The van der Waals surface area contributed by atoms with Crippen molar-refractivity contribution in [2.45, 2.75) is 6.42 Å². The van der Waals surface area contributed by atoms with Gasteiger partial charge in [0, 0.05) is 12.7 Å². The molecule has 2 aromatic rings. The van der Waals surface area contributed by atoms with Gasteiger partial charge in [-0.2, -0.15) is 5.26 Å². The molecular formula is C14H13N3. The van der Waals surface area contributed by atoms with E-state index in [1.165, 1.54) is 5.56 Å². The zero-order chi connectivity index (χ0) is 11.9. The number of nitriles is 1. The van der Waals surface area contributed by atoms with Gasteiger partial charge in [-0.15, -0.1) is 0 Å². The zero-order valence-corrected chi connectivity index (χ0v) is 9.43. The number of pyridine rings is 1. The lowest BCUT2D eigenvalue weighted by atomic mass is 10.1. The Labute approximate surface area is 101 Å². The fraction of sp³-hybridized carbons (Fsp3) is 0.143. The van der Waals surface area contributed by atoms with E-state index in [9.17, 15) is 0 Å². The van der Waals surface area contributed by atoms with Crippen LogP contribution in [0.5, 0.6) is 0 Å². The highest BCUT2D eigenvalue weighted by molar-refractivity contribution is 5.42. The van der Waals surface area contributed by atoms with E-state index in [-0.39, 0.29) is 0 Å². The molecule has 84 valence electrons. The summed E-state index contributed by atoms with van der Waals surface area (Å²) in [6.07, 6.45) is 2.59. The van der Waals surface area contributed by atoms with Gasteiger partial charge in [0.25, 0.3) is 0 Å². The summed E-state index contributed by atoms with van der Waals surface area (Å²) in [6, 6.07) is 15.8. The molecule has 0 fully saturated rings. The molecule has 0 aliphatic carbocycles. The van der Waals surface area contributed by atoms with Gasteiger partial charge in [0.15, 0.2) is 0 Å². The molecule has 17 heavy (non-hydrogen) atoms. The molecule has 2 rings (SSSR count). The summed E-state index contributed by atoms with van der Waals surface area (Å²) >= 11 is 0. The molecule has 1 heterocycles. The van der Waals surface area contributed by atoms with Crippen molar-refractivity contribution in [3.8, 4) is 6.07 Å². The van der Waals surface area contributed by atoms with Crippen LogP contribution in [0.3, 0.4) is 0 Å². The predicted octanol–water partition coefficient (Wildman–Crippen LogP) is 2.61. The Hall–Kier alpha value is -2.34. The van der Waals surface area contributed by atoms with E-state index < -0.39 is 0 Å². The Morgan fingerprint density at radius 1 is 1.18 bits per heavy atom. The third kappa shape index (κ3) is 3.32. The monoisotopic (exact) mass is 223 g/mol. The summed E-state index contributed by atoms with van der Waals surface area (Å²) in [5.41, 5.74) is 1.92. The third-order valence-corrected chi connectivity index (χ3v) is 2.45. The van der Waals surface area contributed by atoms with Gasteiger partial charge in [0.1, 0.15) is 5.82 Å². The maximum absolute atomic E-state index is 8.76. The summed E-state index contributed by atoms with van der Waals surface area (Å²) in [7, 11) is 0. The number of nitrogens with one attached hydrogen (secondary N) is 1. The molecule has 0 unspecified atom stereocenters. The molecule has 0 radical (unpaired) electrons. The molecule has 1 aromatic carbocycles. The van der Waals surface area contributed by atoms with Crippen molar-refractivity contribution in [1.29, 1.82) is 5.26 Å². The number of aromatic nitrogens is 1. The first kappa shape index (κ1) is 11.2. The van der Waals surface area contributed by atoms with E-state index in [1.54, 1.807) is 18.3 Å². The Bertz CT molecular complexity index is 514. The van der Waals surface area contributed by atoms with Crippen molar-refractivity contribution >= 4 is 5.82 Å². The van der Waals surface area contributed by atoms with Crippen LogP contribution in [0, 0.1) is 11.3 Å². The number of rotatable bonds is 4. The van der Waals surface area contributed by atoms with Gasteiger partial charge in [-0.25, -0.2) is 4.98 Å². The fourth-order valence-electron chi connectivity index (χ4n) is 1.58. The van der Waals surface area contributed by atoms with Crippen molar-refractivity contribution in [2.24, 2.45) is 0 Å². The van der Waals surface area contributed by atoms with E-state index >= 15 is 0 Å². The first-order valence-corrected chi connectivity index (χ1v) is 5.52. The van der Waals surface area contributed by atoms with Gasteiger partial charge in [-0.1, -0.05) is 30.3 Å². The highest BCUT2D eigenvalue weighted by Gasteiger charge is 1.96. The number of hydrogen-bond donors (Lipinski definition) is 1. The minimum Gasteiger partial charge on any atom is -0.370 e. The normalized spacial score (nSPS) is 9.59. The van der Waals surface area contributed by atoms with E-state index in [2.05, 4.69) is 28.5 Å². The largest absolute Gasteiger partial charge is 0.370 e. The van der Waals surface area contributed by atoms with E-state index in [0.29, 0.717) is 5.56 Å². The molecule has 0 saturated carbocycles. The summed E-state index contributed by atoms with van der Waals surface area (Å²) in [6.45, 7) is 0.811. The summed E-state index contributed by atoms with van der Waals surface area (Å²) in [5.74, 6) is 0.750. The quantitative estimate of drug-likeness (QED) is 0.866. The third-order valence-electron chi connectivity index (χ3n) is 2.45. The molecule has 0 bridgehead atoms. The lowest BCUT2D eigenvalue weighted by molar-refractivity contribution is 1.01. The smallest absolute Gasteiger partial charge is 0.127 e. The lowest BCUT2D eigenvalue weighted by Gasteiger charge is -2.05. The highest BCUT2D eigenvalue weighted by Crippen LogP contribution is 2.06. The maximum Gasteiger partial charge on any atom is 0.127 e. The average Bonchev–Trinajstić information content (AvgIpc) is 2.40. The number of benzene rings is 1. The molecule has 0 aliphatic rings. The first-order chi connectivity index (χ1) is 8.38. The number of nitrogens with zero attached hydrogens (tertiary/aromatic N) is 2. The molecule has 0 spiro atoms. The zero-order valence-electron chi connectivity index (χ0n) is 9.43. The maximum atomic E-state index is 8.76. The van der Waals surface area contributed by atoms with Crippen LogP contribution in [-0.4, -0.2) is 11.5 Å². The van der Waals surface area contributed by atoms with Gasteiger partial charge < -0.3 is 5.32 Å². The predicted molar refractivity (Wildman–Crippen MR) is 67.6 cm³/mol. The summed E-state index contributed by atoms with van der Waals surface area (Å²) in [4.78, 5) is 4.16. The van der Waals surface area contributed by atoms with Gasteiger partial charge in [0.2, 0.25) is 0 Å². The van der Waals surface area contributed by atoms with Crippen LogP contribution >= 0.6 is 0 Å². The highest BCUT2D eigenvalue weighted by atomic mass is 15.0. The molecule has 1 N–H and O–H groups in total. The molecule has 3 nitrogen and oxygen atoms in total. The van der Waals surface area contributed by atoms with Crippen LogP contribution in [0.2, 0.25) is 0 Å². The fourth-order valence-corrected chi connectivity index (χ4v) is 1.58. The van der Waals surface area contributed by atoms with Crippen molar-refractivity contribution in [3.05, 3.63) is 59.8 Å². The topological polar surface area (TPSA) is 48.7 Å². The first-order valence-electron chi connectivity index (χ1n) is 5.52. The van der Waals surface area contributed by atoms with Crippen LogP contribution in [0.1, 0.15) is 11.1 Å². The number of hydrogen-bond acceptors (Lipinski definition) is 3. The van der Waals surface area contributed by atoms with Gasteiger partial charge >= 0.3 is 0 Å². The van der Waals surface area contributed by atoms with Crippen LogP contribution in [0.4, 0.5) is 5.82 Å². The second-order valence-electron chi connectivity index (χ2n) is 3.70. The lowest BCUT2D eigenvalue weighted by Crippen LogP contribution is -2.06. The van der Waals surface area contributed by atoms with Crippen molar-refractivity contribution in [3.63, 3.8) is 0 Å². The average molecular weight is 223 g/mol. The van der Waals surface area contributed by atoms with Crippen molar-refractivity contribution < 1.29 is 0 Å². The molecule has 0 saturated heterocycles. The Morgan fingerprint density at radius 2 is 2.00 bits per heavy atom. The minimum atomic E-state index is 0.627. The molecule has 3 heteroatoms. The summed E-state index contributed by atoms with van der Waals surface area (Å²) in [5, 5.41) is 12.0. The standard InChI is InChI=1S/C14H13N3/c15-11-13-7-9-17-14(10-13)16-8-6-12-4-2-1-3-5-12/h1-5,7,9-10H,6,8H2,(H,16,17). The van der Waals surface area contributed by atoms with Crippen molar-refractivity contribution in [1.82, 2.24) is 4.98 Å². The molecular weight excluding hydrogens is 210 g/mol. The SMILES string of the molecule is N#Cc1ccnc(NCCc2ccccc2)c1. The molecule has 0 amide bonds. The van der Waals surface area contributed by atoms with Gasteiger partial charge in [-0.3, -0.25) is 0 Å². The molecule has 0 aliphatic heterocycles. The van der Waals surface area contributed by atoms with Crippen LogP contribution < -0.4 is 5.32 Å². The molecule has 0 atom stereocenters. The van der Waals surface area contributed by atoms with Crippen LogP contribution in [0.25, 0.3) is 0 Å². The molecule has 1 aromatic heterocycles. The van der Waals surface area contributed by atoms with Gasteiger partial charge in [-0.05, 0) is 24.1 Å². The Kier molecular flexibility index (Phi) is 3.72. The van der Waals surface area contributed by atoms with Crippen molar-refractivity contribution in [2.75, 3.05) is 11.9 Å². The number of anilines is 1. The van der Waals surface area contributed by atoms with E-state index in [0.717, 1.165) is 18.8 Å². The van der Waals surface area contributed by atoms with E-state index in [1.807, 2.05) is 18.2 Å². The van der Waals surface area contributed by atoms with E-state index in [4.69, 9.17) is 5.26 Å².